The van der Waals surface area contributed by atoms with Gasteiger partial charge in [0.05, 0.1) is 32.5 Å². The molecule has 138 valence electrons. The van der Waals surface area contributed by atoms with Crippen LogP contribution < -0.4 is 0 Å². The lowest BCUT2D eigenvalue weighted by atomic mass is 10.2. The van der Waals surface area contributed by atoms with Crippen molar-refractivity contribution in [3.05, 3.63) is 71.8 Å². The molecule has 1 heterocycles. The Morgan fingerprint density at radius 3 is 2.27 bits per heavy atom. The van der Waals surface area contributed by atoms with E-state index in [1.54, 1.807) is 4.90 Å². The van der Waals surface area contributed by atoms with E-state index in [0.29, 0.717) is 39.5 Å². The van der Waals surface area contributed by atoms with Crippen LogP contribution in [0.1, 0.15) is 17.5 Å². The SMILES string of the molecule is O=C(OCc1ccccc1)N1CC[C@@H](OCCOCc2ccccc2)C1. The summed E-state index contributed by atoms with van der Waals surface area (Å²) in [5.41, 5.74) is 2.14. The summed E-state index contributed by atoms with van der Waals surface area (Å²) in [7, 11) is 0. The maximum absolute atomic E-state index is 12.1. The first kappa shape index (κ1) is 18.4. The fourth-order valence-electron chi connectivity index (χ4n) is 2.88. The molecule has 0 saturated carbocycles. The van der Waals surface area contributed by atoms with Gasteiger partial charge in [0.2, 0.25) is 0 Å². The molecule has 0 radical (unpaired) electrons. The van der Waals surface area contributed by atoms with Gasteiger partial charge in [0.25, 0.3) is 0 Å². The molecule has 0 spiro atoms. The van der Waals surface area contributed by atoms with Crippen LogP contribution >= 0.6 is 0 Å². The number of likely N-dealkylation sites (tertiary alicyclic amines) is 1. The van der Waals surface area contributed by atoms with Crippen LogP contribution in [-0.4, -0.2) is 43.4 Å². The van der Waals surface area contributed by atoms with E-state index in [0.717, 1.165) is 17.5 Å². The third-order valence-corrected chi connectivity index (χ3v) is 4.30. The zero-order valence-corrected chi connectivity index (χ0v) is 14.9. The van der Waals surface area contributed by atoms with Crippen LogP contribution in [0.25, 0.3) is 0 Å². The molecule has 0 N–H and O–H groups in total. The molecule has 0 aromatic heterocycles. The van der Waals surface area contributed by atoms with Gasteiger partial charge < -0.3 is 19.1 Å². The molecule has 1 saturated heterocycles. The molecule has 5 heteroatoms. The first-order valence-corrected chi connectivity index (χ1v) is 9.00. The number of amides is 1. The van der Waals surface area contributed by atoms with Crippen molar-refractivity contribution in [2.75, 3.05) is 26.3 Å². The molecule has 1 fully saturated rings. The summed E-state index contributed by atoms with van der Waals surface area (Å²) in [6, 6.07) is 19.8. The predicted octanol–water partition coefficient (Wildman–Crippen LogP) is 3.63. The van der Waals surface area contributed by atoms with E-state index in [9.17, 15) is 4.79 Å². The lowest BCUT2D eigenvalue weighted by Crippen LogP contribution is -2.31. The van der Waals surface area contributed by atoms with Crippen molar-refractivity contribution in [2.45, 2.75) is 25.7 Å². The maximum Gasteiger partial charge on any atom is 0.410 e. The monoisotopic (exact) mass is 355 g/mol. The number of hydrogen-bond donors (Lipinski definition) is 0. The average molecular weight is 355 g/mol. The van der Waals surface area contributed by atoms with Gasteiger partial charge in [-0.1, -0.05) is 60.7 Å². The number of rotatable bonds is 8. The zero-order chi connectivity index (χ0) is 18.0. The molecule has 2 aromatic carbocycles. The maximum atomic E-state index is 12.1. The van der Waals surface area contributed by atoms with Gasteiger partial charge in [-0.15, -0.1) is 0 Å². The van der Waals surface area contributed by atoms with Gasteiger partial charge in [0.1, 0.15) is 6.61 Å². The standard InChI is InChI=1S/C21H25NO4/c23-21(26-17-19-9-5-2-6-10-19)22-12-11-20(15-22)25-14-13-24-16-18-7-3-1-4-8-18/h1-10,20H,11-17H2/t20-/m1/s1. The summed E-state index contributed by atoms with van der Waals surface area (Å²) in [5.74, 6) is 0. The van der Waals surface area contributed by atoms with E-state index in [-0.39, 0.29) is 12.2 Å². The fraction of sp³-hybridized carbons (Fsp3) is 0.381. The second-order valence-corrected chi connectivity index (χ2v) is 6.31. The van der Waals surface area contributed by atoms with Gasteiger partial charge in [0, 0.05) is 6.54 Å². The van der Waals surface area contributed by atoms with Crippen molar-refractivity contribution in [1.82, 2.24) is 4.90 Å². The summed E-state index contributed by atoms with van der Waals surface area (Å²) < 4.78 is 16.8. The Balaban J connectivity index is 1.28. The zero-order valence-electron chi connectivity index (χ0n) is 14.9. The first-order chi connectivity index (χ1) is 12.8. The highest BCUT2D eigenvalue weighted by Crippen LogP contribution is 2.14. The highest BCUT2D eigenvalue weighted by atomic mass is 16.6. The van der Waals surface area contributed by atoms with Crippen molar-refractivity contribution in [1.29, 1.82) is 0 Å². The number of carbonyl (C=O) groups is 1. The van der Waals surface area contributed by atoms with E-state index in [1.807, 2.05) is 60.7 Å². The summed E-state index contributed by atoms with van der Waals surface area (Å²) in [5, 5.41) is 0. The van der Waals surface area contributed by atoms with Gasteiger partial charge >= 0.3 is 6.09 Å². The second kappa shape index (κ2) is 9.94. The summed E-state index contributed by atoms with van der Waals surface area (Å²) in [4.78, 5) is 13.8. The van der Waals surface area contributed by atoms with Crippen molar-refractivity contribution in [3.63, 3.8) is 0 Å². The number of nitrogens with zero attached hydrogens (tertiary/aromatic N) is 1. The van der Waals surface area contributed by atoms with Gasteiger partial charge in [0.15, 0.2) is 0 Å². The number of ether oxygens (including phenoxy) is 3. The van der Waals surface area contributed by atoms with Gasteiger partial charge in [-0.2, -0.15) is 0 Å². The fourth-order valence-corrected chi connectivity index (χ4v) is 2.88. The average Bonchev–Trinajstić information content (AvgIpc) is 3.16. The van der Waals surface area contributed by atoms with E-state index < -0.39 is 0 Å². The Kier molecular flexibility index (Phi) is 7.05. The molecular weight excluding hydrogens is 330 g/mol. The Labute approximate surface area is 154 Å². The van der Waals surface area contributed by atoms with E-state index in [2.05, 4.69) is 0 Å². The van der Waals surface area contributed by atoms with Gasteiger partial charge in [-0.05, 0) is 17.5 Å². The van der Waals surface area contributed by atoms with Gasteiger partial charge in [-0.25, -0.2) is 4.79 Å². The van der Waals surface area contributed by atoms with Crippen LogP contribution in [0.4, 0.5) is 4.79 Å². The van der Waals surface area contributed by atoms with Crippen LogP contribution in [0.3, 0.4) is 0 Å². The predicted molar refractivity (Wildman–Crippen MR) is 98.7 cm³/mol. The lowest BCUT2D eigenvalue weighted by molar-refractivity contribution is 0.00395. The second-order valence-electron chi connectivity index (χ2n) is 6.31. The Morgan fingerprint density at radius 2 is 1.58 bits per heavy atom. The molecule has 0 aliphatic carbocycles. The molecular formula is C21H25NO4. The molecule has 2 aromatic rings. The smallest absolute Gasteiger partial charge is 0.410 e. The highest BCUT2D eigenvalue weighted by molar-refractivity contribution is 5.68. The minimum atomic E-state index is -0.278. The van der Waals surface area contributed by atoms with Crippen molar-refractivity contribution >= 4 is 6.09 Å². The molecule has 1 aliphatic heterocycles. The van der Waals surface area contributed by atoms with E-state index in [4.69, 9.17) is 14.2 Å². The number of benzene rings is 2. The third-order valence-electron chi connectivity index (χ3n) is 4.30. The van der Waals surface area contributed by atoms with Crippen LogP contribution in [0.15, 0.2) is 60.7 Å². The van der Waals surface area contributed by atoms with Crippen molar-refractivity contribution < 1.29 is 19.0 Å². The number of hydrogen-bond acceptors (Lipinski definition) is 4. The van der Waals surface area contributed by atoms with E-state index in [1.165, 1.54) is 0 Å². The molecule has 0 bridgehead atoms. The van der Waals surface area contributed by atoms with Crippen molar-refractivity contribution in [3.8, 4) is 0 Å². The number of carbonyl (C=O) groups excluding carboxylic acids is 1. The Morgan fingerprint density at radius 1 is 0.923 bits per heavy atom. The topological polar surface area (TPSA) is 48.0 Å². The molecule has 1 amide bonds. The van der Waals surface area contributed by atoms with Crippen molar-refractivity contribution in [2.24, 2.45) is 0 Å². The van der Waals surface area contributed by atoms with Crippen LogP contribution in [0.2, 0.25) is 0 Å². The largest absolute Gasteiger partial charge is 0.445 e. The molecule has 26 heavy (non-hydrogen) atoms. The lowest BCUT2D eigenvalue weighted by Gasteiger charge is -2.16. The highest BCUT2D eigenvalue weighted by Gasteiger charge is 2.27. The molecule has 1 atom stereocenters. The first-order valence-electron chi connectivity index (χ1n) is 9.00. The molecule has 0 unspecified atom stereocenters. The molecule has 5 nitrogen and oxygen atoms in total. The minimum absolute atomic E-state index is 0.0552. The Bertz CT molecular complexity index is 662. The van der Waals surface area contributed by atoms with E-state index >= 15 is 0 Å². The molecule has 1 aliphatic rings. The van der Waals surface area contributed by atoms with Crippen LogP contribution in [-0.2, 0) is 27.4 Å². The Hall–Kier alpha value is -2.37. The van der Waals surface area contributed by atoms with Crippen LogP contribution in [0, 0.1) is 0 Å². The summed E-state index contributed by atoms with van der Waals surface area (Å²) >= 11 is 0. The molecule has 3 rings (SSSR count). The quantitative estimate of drug-likeness (QED) is 0.679. The van der Waals surface area contributed by atoms with Crippen LogP contribution in [0.5, 0.6) is 0 Å². The minimum Gasteiger partial charge on any atom is -0.445 e. The third kappa shape index (κ3) is 5.86. The summed E-state index contributed by atoms with van der Waals surface area (Å²) in [6.45, 7) is 3.21. The normalized spacial score (nSPS) is 16.6. The summed E-state index contributed by atoms with van der Waals surface area (Å²) in [6.07, 6.45) is 0.610. The van der Waals surface area contributed by atoms with Gasteiger partial charge in [-0.3, -0.25) is 0 Å².